The Balaban J connectivity index is 1.61. The maximum absolute atomic E-state index is 10.6. The summed E-state index contributed by atoms with van der Waals surface area (Å²) in [6, 6.07) is 26.0. The van der Waals surface area contributed by atoms with Crippen molar-refractivity contribution in [1.82, 2.24) is 0 Å². The van der Waals surface area contributed by atoms with Crippen LogP contribution in [0, 0.1) is 0 Å². The van der Waals surface area contributed by atoms with Gasteiger partial charge in [-0.15, -0.1) is 0 Å². The summed E-state index contributed by atoms with van der Waals surface area (Å²) in [4.78, 5) is 10.6. The summed E-state index contributed by atoms with van der Waals surface area (Å²) in [5, 5.41) is 18.5. The molecule has 3 aromatic rings. The van der Waals surface area contributed by atoms with E-state index in [2.05, 4.69) is 17.4 Å². The largest absolute Gasteiger partial charge is 0.481 e. The van der Waals surface area contributed by atoms with Gasteiger partial charge >= 0.3 is 5.97 Å². The Labute approximate surface area is 159 Å². The van der Waals surface area contributed by atoms with Crippen molar-refractivity contribution in [3.8, 4) is 0 Å². The lowest BCUT2D eigenvalue weighted by atomic mass is 10.0. The average Bonchev–Trinajstić information content (AvgIpc) is 2.72. The maximum Gasteiger partial charge on any atom is 0.303 e. The van der Waals surface area contributed by atoms with E-state index in [1.54, 1.807) is 0 Å². The molecule has 0 aromatic heterocycles. The van der Waals surface area contributed by atoms with Gasteiger partial charge in [-0.2, -0.15) is 0 Å². The number of hydrogen-bond acceptors (Lipinski definition) is 2. The number of nitrogens with two attached hydrogens (primary N) is 1. The number of aliphatic carboxylic acids is 1. The van der Waals surface area contributed by atoms with E-state index in [1.165, 1.54) is 0 Å². The first-order chi connectivity index (χ1) is 13.1. The highest BCUT2D eigenvalue weighted by Gasteiger charge is 2.10. The average molecular weight is 359 g/mol. The van der Waals surface area contributed by atoms with Crippen molar-refractivity contribution in [3.63, 3.8) is 0 Å². The zero-order chi connectivity index (χ0) is 19.1. The number of nitrogens with one attached hydrogen (secondary N) is 1. The fraction of sp³-hybridized carbons (Fsp3) is 0.130. The summed E-state index contributed by atoms with van der Waals surface area (Å²) in [7, 11) is 0. The SMILES string of the molecule is [NH2+]=C(c1ccccc1)c1cccc(CNc2ccc(CCC(=O)O)cc2)c1. The number of benzene rings is 3. The predicted octanol–water partition coefficient (Wildman–Crippen LogP) is 2.91. The van der Waals surface area contributed by atoms with Crippen LogP contribution in [0.15, 0.2) is 78.9 Å². The number of carbonyl (C=O) groups is 1. The normalized spacial score (nSPS) is 10.4. The Morgan fingerprint density at radius 3 is 2.26 bits per heavy atom. The maximum atomic E-state index is 10.6. The van der Waals surface area contributed by atoms with Gasteiger partial charge in [-0.1, -0.05) is 42.5 Å². The molecule has 4 N–H and O–H groups in total. The van der Waals surface area contributed by atoms with Gasteiger partial charge in [-0.3, -0.25) is 10.2 Å². The molecule has 0 aliphatic heterocycles. The number of hydrogen-bond donors (Lipinski definition) is 3. The molecular formula is C23H23N2O2+. The highest BCUT2D eigenvalue weighted by atomic mass is 16.4. The van der Waals surface area contributed by atoms with Gasteiger partial charge in [-0.25, -0.2) is 0 Å². The molecule has 4 heteroatoms. The van der Waals surface area contributed by atoms with Crippen LogP contribution in [-0.4, -0.2) is 16.8 Å². The monoisotopic (exact) mass is 359 g/mol. The van der Waals surface area contributed by atoms with Crippen LogP contribution in [0.5, 0.6) is 0 Å². The van der Waals surface area contributed by atoms with Crippen molar-refractivity contribution in [3.05, 3.63) is 101 Å². The van der Waals surface area contributed by atoms with Crippen LogP contribution >= 0.6 is 0 Å². The molecular weight excluding hydrogens is 336 g/mol. The first-order valence-corrected chi connectivity index (χ1v) is 8.93. The Kier molecular flexibility index (Phi) is 6.00. The van der Waals surface area contributed by atoms with Gasteiger partial charge in [-0.05, 0) is 53.9 Å². The van der Waals surface area contributed by atoms with Gasteiger partial charge < -0.3 is 10.4 Å². The van der Waals surface area contributed by atoms with Crippen molar-refractivity contribution in [2.75, 3.05) is 5.32 Å². The smallest absolute Gasteiger partial charge is 0.303 e. The molecule has 136 valence electrons. The quantitative estimate of drug-likeness (QED) is 0.541. The molecule has 0 fully saturated rings. The minimum Gasteiger partial charge on any atom is -0.481 e. The van der Waals surface area contributed by atoms with Crippen LogP contribution < -0.4 is 10.7 Å². The molecule has 0 radical (unpaired) electrons. The fourth-order valence-corrected chi connectivity index (χ4v) is 2.88. The zero-order valence-corrected chi connectivity index (χ0v) is 15.1. The fourth-order valence-electron chi connectivity index (χ4n) is 2.88. The van der Waals surface area contributed by atoms with E-state index in [0.29, 0.717) is 13.0 Å². The van der Waals surface area contributed by atoms with Gasteiger partial charge in [0, 0.05) is 29.8 Å². The van der Waals surface area contributed by atoms with Crippen molar-refractivity contribution < 1.29 is 15.3 Å². The molecule has 3 rings (SSSR count). The highest BCUT2D eigenvalue weighted by Crippen LogP contribution is 2.14. The Bertz CT molecular complexity index is 919. The molecule has 4 nitrogen and oxygen atoms in total. The van der Waals surface area contributed by atoms with Crippen LogP contribution in [0.2, 0.25) is 0 Å². The van der Waals surface area contributed by atoms with Crippen molar-refractivity contribution in [2.45, 2.75) is 19.4 Å². The van der Waals surface area contributed by atoms with E-state index in [0.717, 1.165) is 33.7 Å². The van der Waals surface area contributed by atoms with Crippen LogP contribution in [0.3, 0.4) is 0 Å². The van der Waals surface area contributed by atoms with E-state index < -0.39 is 5.97 Å². The van der Waals surface area contributed by atoms with Gasteiger partial charge in [0.25, 0.3) is 0 Å². The molecule has 0 bridgehead atoms. The van der Waals surface area contributed by atoms with E-state index in [1.807, 2.05) is 66.7 Å². The van der Waals surface area contributed by atoms with Gasteiger partial charge in [0.15, 0.2) is 0 Å². The molecule has 3 aromatic carbocycles. The third-order valence-electron chi connectivity index (χ3n) is 4.40. The van der Waals surface area contributed by atoms with E-state index in [-0.39, 0.29) is 6.42 Å². The number of carboxylic acids is 1. The minimum atomic E-state index is -0.774. The summed E-state index contributed by atoms with van der Waals surface area (Å²) >= 11 is 0. The number of aryl methyl sites for hydroxylation is 1. The summed E-state index contributed by atoms with van der Waals surface area (Å²) in [6.07, 6.45) is 0.700. The second kappa shape index (κ2) is 8.81. The number of carboxylic acid groups (broad SMARTS) is 1. The van der Waals surface area contributed by atoms with Crippen LogP contribution in [-0.2, 0) is 17.8 Å². The van der Waals surface area contributed by atoms with Gasteiger partial charge in [0.1, 0.15) is 0 Å². The topological polar surface area (TPSA) is 74.9 Å². The highest BCUT2D eigenvalue weighted by molar-refractivity contribution is 6.08. The predicted molar refractivity (Wildman–Crippen MR) is 108 cm³/mol. The Morgan fingerprint density at radius 1 is 0.852 bits per heavy atom. The summed E-state index contributed by atoms with van der Waals surface area (Å²) < 4.78 is 0. The van der Waals surface area contributed by atoms with Crippen LogP contribution in [0.4, 0.5) is 5.69 Å². The lowest BCUT2D eigenvalue weighted by Gasteiger charge is -2.09. The van der Waals surface area contributed by atoms with E-state index >= 15 is 0 Å². The molecule has 27 heavy (non-hydrogen) atoms. The van der Waals surface area contributed by atoms with Crippen molar-refractivity contribution in [1.29, 1.82) is 0 Å². The molecule has 0 spiro atoms. The van der Waals surface area contributed by atoms with E-state index in [4.69, 9.17) is 10.5 Å². The number of anilines is 1. The molecule has 0 unspecified atom stereocenters. The first kappa shape index (κ1) is 18.4. The Morgan fingerprint density at radius 2 is 1.56 bits per heavy atom. The number of rotatable bonds is 8. The third kappa shape index (κ3) is 5.28. The molecule has 0 heterocycles. The lowest BCUT2D eigenvalue weighted by molar-refractivity contribution is -0.137. The standard InChI is InChI=1S/C23H22N2O2/c24-23(19-6-2-1-3-7-19)20-8-4-5-18(15-20)16-25-21-12-9-17(10-13-21)11-14-22(26)27/h1-10,12-13,15,24-25H,11,14,16H2,(H,26,27)/p+1. The molecule has 0 saturated heterocycles. The minimum absolute atomic E-state index is 0.152. The summed E-state index contributed by atoms with van der Waals surface area (Å²) in [6.45, 7) is 0.685. The second-order valence-electron chi connectivity index (χ2n) is 6.42. The second-order valence-corrected chi connectivity index (χ2v) is 6.42. The van der Waals surface area contributed by atoms with Gasteiger partial charge in [0.2, 0.25) is 5.71 Å². The summed E-state index contributed by atoms with van der Waals surface area (Å²) in [5.41, 5.74) is 5.94. The van der Waals surface area contributed by atoms with Crippen molar-refractivity contribution in [2.24, 2.45) is 0 Å². The molecule has 0 atom stereocenters. The van der Waals surface area contributed by atoms with E-state index in [9.17, 15) is 4.79 Å². The van der Waals surface area contributed by atoms with Crippen LogP contribution in [0.25, 0.3) is 0 Å². The summed E-state index contributed by atoms with van der Waals surface area (Å²) in [5.74, 6) is -0.774. The molecule has 0 aliphatic carbocycles. The molecule has 0 aliphatic rings. The third-order valence-corrected chi connectivity index (χ3v) is 4.40. The van der Waals surface area contributed by atoms with Crippen LogP contribution in [0.1, 0.15) is 28.7 Å². The van der Waals surface area contributed by atoms with Gasteiger partial charge in [0.05, 0.1) is 0 Å². The lowest BCUT2D eigenvalue weighted by Crippen LogP contribution is -2.41. The zero-order valence-electron chi connectivity index (χ0n) is 15.1. The molecule has 0 amide bonds. The Hall–Kier alpha value is -3.40. The molecule has 0 saturated carbocycles. The first-order valence-electron chi connectivity index (χ1n) is 8.93. The van der Waals surface area contributed by atoms with Crippen molar-refractivity contribution >= 4 is 17.4 Å².